The first-order chi connectivity index (χ1) is 8.95. The van der Waals surface area contributed by atoms with Crippen LogP contribution in [0.2, 0.25) is 0 Å². The summed E-state index contributed by atoms with van der Waals surface area (Å²) >= 11 is 0. The molecule has 1 aromatic carbocycles. The molecular formula is C14H20ClN3O2. The van der Waals surface area contributed by atoms with Crippen molar-refractivity contribution in [3.8, 4) is 0 Å². The average molecular weight is 298 g/mol. The smallest absolute Gasteiger partial charge is 0.253 e. The molecule has 1 atom stereocenters. The summed E-state index contributed by atoms with van der Waals surface area (Å²) in [6.45, 7) is 4.01. The maximum absolute atomic E-state index is 12.4. The minimum absolute atomic E-state index is 0. The van der Waals surface area contributed by atoms with Gasteiger partial charge < -0.3 is 16.4 Å². The second kappa shape index (κ2) is 6.24. The summed E-state index contributed by atoms with van der Waals surface area (Å²) in [4.78, 5) is 25.3. The van der Waals surface area contributed by atoms with Gasteiger partial charge in [-0.2, -0.15) is 0 Å². The maximum atomic E-state index is 12.4. The molecule has 1 aliphatic rings. The fourth-order valence-corrected chi connectivity index (χ4v) is 2.35. The highest BCUT2D eigenvalue weighted by atomic mass is 35.5. The molecule has 1 fully saturated rings. The Morgan fingerprint density at radius 3 is 2.55 bits per heavy atom. The zero-order valence-corrected chi connectivity index (χ0v) is 12.3. The summed E-state index contributed by atoms with van der Waals surface area (Å²) in [6.07, 6.45) is 0.907. The largest absolute Gasteiger partial charge is 0.366 e. The summed E-state index contributed by atoms with van der Waals surface area (Å²) in [7, 11) is 0. The van der Waals surface area contributed by atoms with E-state index in [1.165, 1.54) is 0 Å². The van der Waals surface area contributed by atoms with Crippen LogP contribution in [0.25, 0.3) is 0 Å². The van der Waals surface area contributed by atoms with E-state index in [0.29, 0.717) is 30.8 Å². The number of halogens is 1. The lowest BCUT2D eigenvalue weighted by Gasteiger charge is -2.22. The molecule has 2 amide bonds. The number of hydrogen-bond acceptors (Lipinski definition) is 3. The van der Waals surface area contributed by atoms with E-state index in [9.17, 15) is 9.59 Å². The number of rotatable bonds is 3. The predicted octanol–water partition coefficient (Wildman–Crippen LogP) is 1.02. The molecule has 0 aromatic heterocycles. The zero-order chi connectivity index (χ0) is 14.0. The normalized spacial score (nSPS) is 21.4. The fourth-order valence-electron chi connectivity index (χ4n) is 2.35. The fraction of sp³-hybridized carbons (Fsp3) is 0.429. The van der Waals surface area contributed by atoms with Crippen molar-refractivity contribution >= 4 is 24.2 Å². The van der Waals surface area contributed by atoms with E-state index in [0.717, 1.165) is 6.42 Å². The molecule has 0 aliphatic carbocycles. The lowest BCUT2D eigenvalue weighted by Crippen LogP contribution is -2.34. The van der Waals surface area contributed by atoms with Crippen molar-refractivity contribution in [1.29, 1.82) is 0 Å². The number of likely N-dealkylation sites (tertiary alicyclic amines) is 1. The monoisotopic (exact) mass is 297 g/mol. The molecule has 2 rings (SSSR count). The van der Waals surface area contributed by atoms with E-state index < -0.39 is 5.91 Å². The van der Waals surface area contributed by atoms with Crippen LogP contribution in [0, 0.1) is 5.41 Å². The molecule has 4 N–H and O–H groups in total. The third kappa shape index (κ3) is 3.29. The highest BCUT2D eigenvalue weighted by Gasteiger charge is 2.35. The Balaban J connectivity index is 0.00000200. The maximum Gasteiger partial charge on any atom is 0.253 e. The van der Waals surface area contributed by atoms with Crippen LogP contribution in [-0.2, 0) is 0 Å². The number of nitrogens with two attached hydrogens (primary N) is 2. The third-order valence-corrected chi connectivity index (χ3v) is 3.73. The van der Waals surface area contributed by atoms with Crippen LogP contribution in [0.5, 0.6) is 0 Å². The Bertz CT molecular complexity index is 521. The van der Waals surface area contributed by atoms with Crippen molar-refractivity contribution in [1.82, 2.24) is 4.90 Å². The summed E-state index contributed by atoms with van der Waals surface area (Å²) in [5.74, 6) is -0.594. The van der Waals surface area contributed by atoms with E-state index >= 15 is 0 Å². The van der Waals surface area contributed by atoms with E-state index in [2.05, 4.69) is 6.92 Å². The van der Waals surface area contributed by atoms with Crippen LogP contribution >= 0.6 is 12.4 Å². The molecular weight excluding hydrogens is 278 g/mol. The van der Waals surface area contributed by atoms with Crippen molar-refractivity contribution in [2.24, 2.45) is 16.9 Å². The number of hydrogen-bond donors (Lipinski definition) is 2. The zero-order valence-electron chi connectivity index (χ0n) is 11.5. The molecule has 0 bridgehead atoms. The van der Waals surface area contributed by atoms with Crippen LogP contribution in [0.1, 0.15) is 34.1 Å². The summed E-state index contributed by atoms with van der Waals surface area (Å²) in [5, 5.41) is 0. The Labute approximate surface area is 124 Å². The predicted molar refractivity (Wildman–Crippen MR) is 79.9 cm³/mol. The first-order valence-corrected chi connectivity index (χ1v) is 6.34. The van der Waals surface area contributed by atoms with Crippen LogP contribution in [0.3, 0.4) is 0 Å². The van der Waals surface area contributed by atoms with Gasteiger partial charge in [0.15, 0.2) is 0 Å². The average Bonchev–Trinajstić information content (AvgIpc) is 2.81. The molecule has 0 spiro atoms. The van der Waals surface area contributed by atoms with Gasteiger partial charge >= 0.3 is 0 Å². The highest BCUT2D eigenvalue weighted by molar-refractivity contribution is 5.99. The van der Waals surface area contributed by atoms with E-state index in [4.69, 9.17) is 11.5 Å². The van der Waals surface area contributed by atoms with E-state index in [-0.39, 0.29) is 23.7 Å². The minimum Gasteiger partial charge on any atom is -0.366 e. The van der Waals surface area contributed by atoms with Gasteiger partial charge in [0.25, 0.3) is 5.91 Å². The van der Waals surface area contributed by atoms with Crippen molar-refractivity contribution in [2.75, 3.05) is 19.6 Å². The second-order valence-electron chi connectivity index (χ2n) is 5.44. The van der Waals surface area contributed by atoms with Crippen LogP contribution in [0.15, 0.2) is 24.3 Å². The molecule has 5 nitrogen and oxygen atoms in total. The van der Waals surface area contributed by atoms with Gasteiger partial charge in [-0.1, -0.05) is 13.0 Å². The van der Waals surface area contributed by atoms with Gasteiger partial charge in [0.1, 0.15) is 0 Å². The number of nitrogens with zero attached hydrogens (tertiary/aromatic N) is 1. The molecule has 1 heterocycles. The quantitative estimate of drug-likeness (QED) is 0.873. The standard InChI is InChI=1S/C14H19N3O2.ClH/c1-14(8-15)5-6-17(9-14)13(19)11-4-2-3-10(7-11)12(16)18;/h2-4,7H,5-6,8-9,15H2,1H3,(H2,16,18);1H. The molecule has 110 valence electrons. The molecule has 0 saturated carbocycles. The molecule has 1 aromatic rings. The minimum atomic E-state index is -0.525. The van der Waals surface area contributed by atoms with Crippen molar-refractivity contribution in [2.45, 2.75) is 13.3 Å². The third-order valence-electron chi connectivity index (χ3n) is 3.73. The second-order valence-corrected chi connectivity index (χ2v) is 5.44. The lowest BCUT2D eigenvalue weighted by molar-refractivity contribution is 0.0777. The van der Waals surface area contributed by atoms with Gasteiger partial charge in [-0.25, -0.2) is 0 Å². The Morgan fingerprint density at radius 2 is 2.00 bits per heavy atom. The molecule has 6 heteroatoms. The van der Waals surface area contributed by atoms with Gasteiger partial charge in [0.2, 0.25) is 5.91 Å². The number of benzene rings is 1. The topological polar surface area (TPSA) is 89.4 Å². The van der Waals surface area contributed by atoms with Crippen molar-refractivity contribution in [3.63, 3.8) is 0 Å². The Morgan fingerprint density at radius 1 is 1.35 bits per heavy atom. The highest BCUT2D eigenvalue weighted by Crippen LogP contribution is 2.29. The first-order valence-electron chi connectivity index (χ1n) is 6.34. The number of carbonyl (C=O) groups is 2. The van der Waals surface area contributed by atoms with E-state index in [1.807, 2.05) is 0 Å². The summed E-state index contributed by atoms with van der Waals surface area (Å²) in [6, 6.07) is 6.52. The number of primary amides is 1. The first kappa shape index (κ1) is 16.5. The van der Waals surface area contributed by atoms with Gasteiger partial charge in [-0.05, 0) is 36.6 Å². The van der Waals surface area contributed by atoms with Crippen LogP contribution in [-0.4, -0.2) is 36.3 Å². The van der Waals surface area contributed by atoms with Gasteiger partial charge in [0, 0.05) is 24.2 Å². The summed E-state index contributed by atoms with van der Waals surface area (Å²) < 4.78 is 0. The lowest BCUT2D eigenvalue weighted by atomic mass is 9.90. The number of carbonyl (C=O) groups excluding carboxylic acids is 2. The Hall–Kier alpha value is -1.59. The van der Waals surface area contributed by atoms with Gasteiger partial charge in [0.05, 0.1) is 0 Å². The van der Waals surface area contributed by atoms with Gasteiger partial charge in [-0.15, -0.1) is 12.4 Å². The van der Waals surface area contributed by atoms with Crippen LogP contribution in [0.4, 0.5) is 0 Å². The molecule has 20 heavy (non-hydrogen) atoms. The van der Waals surface area contributed by atoms with Crippen LogP contribution < -0.4 is 11.5 Å². The molecule has 1 aliphatic heterocycles. The summed E-state index contributed by atoms with van der Waals surface area (Å²) in [5.41, 5.74) is 11.8. The number of amides is 2. The SMILES string of the molecule is CC1(CN)CCN(C(=O)c2cccc(C(N)=O)c2)C1.Cl. The molecule has 1 unspecified atom stereocenters. The molecule has 0 radical (unpaired) electrons. The van der Waals surface area contributed by atoms with Crippen molar-refractivity contribution < 1.29 is 9.59 Å². The van der Waals surface area contributed by atoms with Crippen molar-refractivity contribution in [3.05, 3.63) is 35.4 Å². The Kier molecular flexibility index (Phi) is 5.14. The molecule has 1 saturated heterocycles. The van der Waals surface area contributed by atoms with E-state index in [1.54, 1.807) is 29.2 Å². The van der Waals surface area contributed by atoms with Gasteiger partial charge in [-0.3, -0.25) is 9.59 Å².